The van der Waals surface area contributed by atoms with E-state index < -0.39 is 0 Å². The number of nitrogens with zero attached hydrogens (tertiary/aromatic N) is 6. The summed E-state index contributed by atoms with van der Waals surface area (Å²) in [6.07, 6.45) is 0. The Hall–Kier alpha value is -3.59. The third-order valence-corrected chi connectivity index (χ3v) is 5.06. The molecule has 0 aliphatic carbocycles. The molecule has 1 fully saturated rings. The average molecular weight is 405 g/mol. The van der Waals surface area contributed by atoms with Crippen molar-refractivity contribution >= 4 is 23.3 Å². The van der Waals surface area contributed by atoms with E-state index in [0.717, 1.165) is 5.69 Å². The Labute approximate surface area is 174 Å². The van der Waals surface area contributed by atoms with Crippen molar-refractivity contribution in [1.29, 1.82) is 0 Å². The van der Waals surface area contributed by atoms with E-state index in [2.05, 4.69) is 30.6 Å². The lowest BCUT2D eigenvalue weighted by Gasteiger charge is -2.34. The van der Waals surface area contributed by atoms with Gasteiger partial charge >= 0.3 is 0 Å². The van der Waals surface area contributed by atoms with Gasteiger partial charge in [0.05, 0.1) is 17.9 Å². The molecule has 0 saturated carbocycles. The van der Waals surface area contributed by atoms with Gasteiger partial charge in [0.1, 0.15) is 0 Å². The fourth-order valence-electron chi connectivity index (χ4n) is 3.51. The van der Waals surface area contributed by atoms with E-state index >= 15 is 0 Å². The van der Waals surface area contributed by atoms with Gasteiger partial charge in [-0.15, -0.1) is 0 Å². The van der Waals surface area contributed by atoms with Gasteiger partial charge in [-0.3, -0.25) is 14.5 Å². The van der Waals surface area contributed by atoms with E-state index in [1.54, 1.807) is 28.9 Å². The normalized spacial score (nSPS) is 14.5. The van der Waals surface area contributed by atoms with Crippen LogP contribution in [0.15, 0.2) is 54.6 Å². The molecular formula is C21H23N7O2. The highest BCUT2D eigenvalue weighted by molar-refractivity contribution is 6.04. The highest BCUT2D eigenvalue weighted by Gasteiger charge is 2.23. The first-order valence-corrected chi connectivity index (χ1v) is 9.83. The molecule has 0 unspecified atom stereocenters. The molecule has 2 heterocycles. The maximum atomic E-state index is 12.5. The van der Waals surface area contributed by atoms with Crippen LogP contribution < -0.4 is 10.2 Å². The summed E-state index contributed by atoms with van der Waals surface area (Å²) in [7, 11) is 0. The minimum atomic E-state index is -0.133. The zero-order chi connectivity index (χ0) is 20.9. The lowest BCUT2D eigenvalue weighted by molar-refractivity contribution is -0.117. The minimum absolute atomic E-state index is 0.0735. The smallest absolute Gasteiger partial charge is 0.250 e. The van der Waals surface area contributed by atoms with Crippen LogP contribution in [0.3, 0.4) is 0 Å². The van der Waals surface area contributed by atoms with E-state index in [4.69, 9.17) is 0 Å². The standard InChI is InChI=1S/C21H23N7O2/c1-16(29)18-9-5-6-10-19(18)22-20(30)15-26-11-13-27(14-12-26)21-23-24-25-28(21)17-7-3-2-4-8-17/h2-10H,11-15H2,1H3,(H,22,30). The number of carbonyl (C=O) groups is 2. The molecule has 9 heteroatoms. The number of hydrogen-bond acceptors (Lipinski definition) is 7. The minimum Gasteiger partial charge on any atom is -0.337 e. The second-order valence-corrected chi connectivity index (χ2v) is 7.14. The summed E-state index contributed by atoms with van der Waals surface area (Å²) in [5, 5.41) is 15.0. The van der Waals surface area contributed by atoms with E-state index in [1.165, 1.54) is 6.92 Å². The highest BCUT2D eigenvalue weighted by Crippen LogP contribution is 2.18. The number of para-hydroxylation sites is 2. The summed E-state index contributed by atoms with van der Waals surface area (Å²) >= 11 is 0. The predicted octanol–water partition coefficient (Wildman–Crippen LogP) is 1.63. The quantitative estimate of drug-likeness (QED) is 0.623. The lowest BCUT2D eigenvalue weighted by atomic mass is 10.1. The summed E-state index contributed by atoms with van der Waals surface area (Å²) < 4.78 is 1.72. The Kier molecular flexibility index (Phi) is 5.80. The van der Waals surface area contributed by atoms with Crippen LogP contribution in [0, 0.1) is 0 Å². The largest absolute Gasteiger partial charge is 0.337 e. The van der Waals surface area contributed by atoms with Crippen LogP contribution in [0.25, 0.3) is 5.69 Å². The molecule has 4 rings (SSSR count). The average Bonchev–Trinajstić information content (AvgIpc) is 3.25. The Morgan fingerprint density at radius 2 is 1.67 bits per heavy atom. The Balaban J connectivity index is 1.34. The fourth-order valence-corrected chi connectivity index (χ4v) is 3.51. The van der Waals surface area contributed by atoms with Crippen LogP contribution in [0.1, 0.15) is 17.3 Å². The molecule has 30 heavy (non-hydrogen) atoms. The van der Waals surface area contributed by atoms with Crippen LogP contribution in [0.2, 0.25) is 0 Å². The predicted molar refractivity (Wildman–Crippen MR) is 113 cm³/mol. The summed E-state index contributed by atoms with van der Waals surface area (Å²) in [4.78, 5) is 28.4. The molecule has 0 radical (unpaired) electrons. The number of Topliss-reactive ketones (excluding diaryl/α,β-unsaturated/α-hetero) is 1. The molecular weight excluding hydrogens is 382 g/mol. The van der Waals surface area contributed by atoms with Crippen molar-refractivity contribution in [2.24, 2.45) is 0 Å². The van der Waals surface area contributed by atoms with Gasteiger partial charge < -0.3 is 10.2 Å². The second-order valence-electron chi connectivity index (χ2n) is 7.14. The van der Waals surface area contributed by atoms with Gasteiger partial charge in [-0.25, -0.2) is 0 Å². The van der Waals surface area contributed by atoms with Crippen molar-refractivity contribution in [3.8, 4) is 5.69 Å². The molecule has 1 aliphatic heterocycles. The molecule has 2 aromatic carbocycles. The second kappa shape index (κ2) is 8.83. The monoisotopic (exact) mass is 405 g/mol. The van der Waals surface area contributed by atoms with E-state index in [0.29, 0.717) is 43.4 Å². The third kappa shape index (κ3) is 4.36. The highest BCUT2D eigenvalue weighted by atomic mass is 16.2. The Morgan fingerprint density at radius 1 is 0.967 bits per heavy atom. The summed E-state index contributed by atoms with van der Waals surface area (Å²) in [5.74, 6) is 0.489. The van der Waals surface area contributed by atoms with Crippen molar-refractivity contribution < 1.29 is 9.59 Å². The molecule has 1 aromatic heterocycles. The molecule has 0 bridgehead atoms. The van der Waals surface area contributed by atoms with Crippen LogP contribution >= 0.6 is 0 Å². The number of carbonyl (C=O) groups excluding carboxylic acids is 2. The third-order valence-electron chi connectivity index (χ3n) is 5.06. The summed E-state index contributed by atoms with van der Waals surface area (Å²) in [6, 6.07) is 16.8. The number of piperazine rings is 1. The number of tetrazole rings is 1. The molecule has 1 saturated heterocycles. The van der Waals surface area contributed by atoms with E-state index in [1.807, 2.05) is 30.3 Å². The fraction of sp³-hybridized carbons (Fsp3) is 0.286. The van der Waals surface area contributed by atoms with Crippen LogP contribution in [0.5, 0.6) is 0 Å². The molecule has 3 aromatic rings. The maximum Gasteiger partial charge on any atom is 0.250 e. The van der Waals surface area contributed by atoms with Crippen molar-refractivity contribution in [2.45, 2.75) is 6.92 Å². The van der Waals surface area contributed by atoms with Crippen molar-refractivity contribution in [1.82, 2.24) is 25.1 Å². The topological polar surface area (TPSA) is 96.2 Å². The van der Waals surface area contributed by atoms with Crippen molar-refractivity contribution in [3.05, 3.63) is 60.2 Å². The zero-order valence-corrected chi connectivity index (χ0v) is 16.7. The molecule has 0 atom stereocenters. The summed E-state index contributed by atoms with van der Waals surface area (Å²) in [5.41, 5.74) is 1.97. The molecule has 1 amide bonds. The first-order chi connectivity index (χ1) is 14.6. The SMILES string of the molecule is CC(=O)c1ccccc1NC(=O)CN1CCN(c2nnnn2-c2ccccc2)CC1. The van der Waals surface area contributed by atoms with Gasteiger partial charge in [0.25, 0.3) is 0 Å². The van der Waals surface area contributed by atoms with Gasteiger partial charge in [-0.1, -0.05) is 35.4 Å². The maximum absolute atomic E-state index is 12.5. The van der Waals surface area contributed by atoms with Gasteiger partial charge in [0.2, 0.25) is 11.9 Å². The number of hydrogen-bond donors (Lipinski definition) is 1. The number of anilines is 2. The molecule has 9 nitrogen and oxygen atoms in total. The van der Waals surface area contributed by atoms with Gasteiger partial charge in [-0.05, 0) is 41.6 Å². The first kappa shape index (κ1) is 19.7. The summed E-state index contributed by atoms with van der Waals surface area (Å²) in [6.45, 7) is 4.61. The number of amides is 1. The number of aromatic nitrogens is 4. The van der Waals surface area contributed by atoms with Gasteiger partial charge in [0.15, 0.2) is 5.78 Å². The first-order valence-electron chi connectivity index (χ1n) is 9.83. The molecule has 0 spiro atoms. The van der Waals surface area contributed by atoms with E-state index in [-0.39, 0.29) is 18.2 Å². The Bertz CT molecular complexity index is 1030. The number of ketones is 1. The van der Waals surface area contributed by atoms with Crippen LogP contribution in [-0.2, 0) is 4.79 Å². The van der Waals surface area contributed by atoms with Crippen LogP contribution in [-0.4, -0.2) is 69.5 Å². The van der Waals surface area contributed by atoms with Crippen molar-refractivity contribution in [3.63, 3.8) is 0 Å². The Morgan fingerprint density at radius 3 is 2.40 bits per heavy atom. The number of rotatable bonds is 6. The van der Waals surface area contributed by atoms with Crippen molar-refractivity contribution in [2.75, 3.05) is 42.9 Å². The molecule has 154 valence electrons. The number of nitrogens with one attached hydrogen (secondary N) is 1. The number of benzene rings is 2. The lowest BCUT2D eigenvalue weighted by Crippen LogP contribution is -2.49. The molecule has 1 aliphatic rings. The molecule has 1 N–H and O–H groups in total. The van der Waals surface area contributed by atoms with Crippen LogP contribution in [0.4, 0.5) is 11.6 Å². The van der Waals surface area contributed by atoms with Gasteiger partial charge in [0, 0.05) is 31.7 Å². The van der Waals surface area contributed by atoms with E-state index in [9.17, 15) is 9.59 Å². The van der Waals surface area contributed by atoms with Gasteiger partial charge in [-0.2, -0.15) is 4.68 Å². The zero-order valence-electron chi connectivity index (χ0n) is 16.7.